The Morgan fingerprint density at radius 3 is 0.845 bits per heavy atom. The first kappa shape index (κ1) is 82.6. The number of aliphatic hydroxyl groups excluding tert-OH is 2. The van der Waals surface area contributed by atoms with Gasteiger partial charge in [-0.15, -0.1) is 0 Å². The lowest BCUT2D eigenvalue weighted by molar-refractivity contribution is -0.143. The van der Waals surface area contributed by atoms with Crippen LogP contribution in [0.15, 0.2) is 12.2 Å². The van der Waals surface area contributed by atoms with Gasteiger partial charge in [-0.2, -0.15) is 0 Å². The average molecular weight is 1190 g/mol. The SMILES string of the molecule is CCCCCCCCCCCCCCCCCCCCC(=O)OCCCCCCCCCCCCCC/C=C\CCCCCCCCCCCCCCCCCCCC(=O)NC(CO)C(O)CCCCCCCCCCCCCCCCCC. The Hall–Kier alpha value is -1.40. The van der Waals surface area contributed by atoms with Crippen molar-refractivity contribution >= 4 is 11.9 Å². The third-order valence-corrected chi connectivity index (χ3v) is 18.6. The lowest BCUT2D eigenvalue weighted by atomic mass is 10.0. The summed E-state index contributed by atoms with van der Waals surface area (Å²) in [6, 6.07) is -0.538. The topological polar surface area (TPSA) is 95.9 Å². The molecule has 0 aromatic heterocycles. The monoisotopic (exact) mass is 1180 g/mol. The summed E-state index contributed by atoms with van der Waals surface area (Å²) < 4.78 is 5.52. The van der Waals surface area contributed by atoms with E-state index in [4.69, 9.17) is 4.74 Å². The molecular formula is C78H153NO5. The Morgan fingerprint density at radius 2 is 0.560 bits per heavy atom. The van der Waals surface area contributed by atoms with Gasteiger partial charge in [-0.05, 0) is 51.4 Å². The zero-order valence-corrected chi connectivity index (χ0v) is 57.4. The second kappa shape index (κ2) is 74.1. The molecule has 0 aliphatic carbocycles. The summed E-state index contributed by atoms with van der Waals surface area (Å²) in [5, 5.41) is 23.4. The van der Waals surface area contributed by atoms with Crippen molar-refractivity contribution < 1.29 is 24.5 Å². The largest absolute Gasteiger partial charge is 0.466 e. The third-order valence-electron chi connectivity index (χ3n) is 18.6. The fourth-order valence-corrected chi connectivity index (χ4v) is 12.6. The van der Waals surface area contributed by atoms with Crippen molar-refractivity contribution in [3.63, 3.8) is 0 Å². The highest BCUT2D eigenvalue weighted by molar-refractivity contribution is 5.76. The van der Waals surface area contributed by atoms with Gasteiger partial charge >= 0.3 is 5.97 Å². The molecule has 84 heavy (non-hydrogen) atoms. The molecular weight excluding hydrogens is 1030 g/mol. The first-order chi connectivity index (χ1) is 41.5. The van der Waals surface area contributed by atoms with Gasteiger partial charge in [-0.25, -0.2) is 0 Å². The minimum Gasteiger partial charge on any atom is -0.466 e. The molecule has 0 radical (unpaired) electrons. The molecule has 2 unspecified atom stereocenters. The van der Waals surface area contributed by atoms with Crippen LogP contribution in [-0.4, -0.2) is 47.4 Å². The van der Waals surface area contributed by atoms with Crippen LogP contribution in [0.1, 0.15) is 450 Å². The van der Waals surface area contributed by atoms with Crippen LogP contribution in [-0.2, 0) is 14.3 Å². The van der Waals surface area contributed by atoms with Crippen LogP contribution >= 0.6 is 0 Å². The van der Waals surface area contributed by atoms with Gasteiger partial charge in [-0.1, -0.05) is 398 Å². The van der Waals surface area contributed by atoms with Crippen LogP contribution in [0.3, 0.4) is 0 Å². The summed E-state index contributed by atoms with van der Waals surface area (Å²) in [6.45, 7) is 5.01. The van der Waals surface area contributed by atoms with Gasteiger partial charge in [0.15, 0.2) is 0 Å². The fraction of sp³-hybridized carbons (Fsp3) is 0.949. The van der Waals surface area contributed by atoms with E-state index < -0.39 is 12.1 Å². The van der Waals surface area contributed by atoms with E-state index in [0.29, 0.717) is 25.9 Å². The number of hydrogen-bond acceptors (Lipinski definition) is 5. The van der Waals surface area contributed by atoms with Crippen molar-refractivity contribution in [1.82, 2.24) is 5.32 Å². The number of carbonyl (C=O) groups is 2. The van der Waals surface area contributed by atoms with Crippen LogP contribution in [0, 0.1) is 0 Å². The number of nitrogens with one attached hydrogen (secondary N) is 1. The van der Waals surface area contributed by atoms with Crippen molar-refractivity contribution in [1.29, 1.82) is 0 Å². The van der Waals surface area contributed by atoms with Gasteiger partial charge in [0.05, 0.1) is 25.4 Å². The predicted octanol–water partition coefficient (Wildman–Crippen LogP) is 25.5. The summed E-state index contributed by atoms with van der Waals surface area (Å²) in [5.74, 6) is -0.00337. The maximum atomic E-state index is 12.5. The maximum Gasteiger partial charge on any atom is 0.305 e. The highest BCUT2D eigenvalue weighted by atomic mass is 16.5. The van der Waals surface area contributed by atoms with Crippen molar-refractivity contribution in [3.05, 3.63) is 12.2 Å². The average Bonchev–Trinajstić information content (AvgIpc) is 3.50. The lowest BCUT2D eigenvalue weighted by Crippen LogP contribution is -2.45. The standard InChI is InChI=1S/C78H153NO5/c1-3-5-7-9-11-13-15-17-19-21-40-44-48-52-56-60-64-68-72-78(83)84-73-69-65-61-57-53-49-45-41-38-36-34-32-30-28-26-24-22-23-25-27-29-31-33-35-37-39-43-47-51-55-59-63-67-71-77(82)79-75(74-80)76(81)70-66-62-58-54-50-46-42-20-18-16-14-12-10-8-6-4-2/h26,28,75-76,80-81H,3-25,27,29-74H2,1-2H3,(H,79,82)/b28-26-. The molecule has 0 rings (SSSR count). The molecule has 1 amide bonds. The normalized spacial score (nSPS) is 12.5. The highest BCUT2D eigenvalue weighted by Gasteiger charge is 2.20. The molecule has 6 nitrogen and oxygen atoms in total. The van der Waals surface area contributed by atoms with Crippen LogP contribution < -0.4 is 5.32 Å². The molecule has 0 heterocycles. The van der Waals surface area contributed by atoms with E-state index in [9.17, 15) is 19.8 Å². The summed E-state index contributed by atoms with van der Waals surface area (Å²) in [5.41, 5.74) is 0. The van der Waals surface area contributed by atoms with E-state index in [2.05, 4.69) is 31.3 Å². The second-order valence-corrected chi connectivity index (χ2v) is 27.0. The number of amides is 1. The summed E-state index contributed by atoms with van der Waals surface area (Å²) in [4.78, 5) is 24.6. The van der Waals surface area contributed by atoms with Gasteiger partial charge in [-0.3, -0.25) is 9.59 Å². The lowest BCUT2D eigenvalue weighted by Gasteiger charge is -2.22. The maximum absolute atomic E-state index is 12.5. The summed E-state index contributed by atoms with van der Waals surface area (Å²) >= 11 is 0. The Balaban J connectivity index is 3.32. The molecule has 0 aliphatic rings. The summed E-state index contributed by atoms with van der Waals surface area (Å²) in [6.07, 6.45) is 93.0. The second-order valence-electron chi connectivity index (χ2n) is 27.0. The van der Waals surface area contributed by atoms with E-state index >= 15 is 0 Å². The zero-order valence-electron chi connectivity index (χ0n) is 57.4. The number of allylic oxidation sites excluding steroid dienone is 2. The number of unbranched alkanes of at least 4 members (excludes halogenated alkanes) is 61. The molecule has 0 fully saturated rings. The Morgan fingerprint density at radius 1 is 0.321 bits per heavy atom. The molecule has 2 atom stereocenters. The first-order valence-corrected chi connectivity index (χ1v) is 38.9. The van der Waals surface area contributed by atoms with Gasteiger partial charge in [0, 0.05) is 12.8 Å². The number of ether oxygens (including phenoxy) is 1. The third kappa shape index (κ3) is 69.7. The van der Waals surface area contributed by atoms with Crippen molar-refractivity contribution in [2.24, 2.45) is 0 Å². The number of rotatable bonds is 74. The van der Waals surface area contributed by atoms with Crippen LogP contribution in [0.2, 0.25) is 0 Å². The molecule has 0 aromatic rings. The zero-order chi connectivity index (χ0) is 60.6. The fourth-order valence-electron chi connectivity index (χ4n) is 12.6. The van der Waals surface area contributed by atoms with E-state index in [1.807, 2.05) is 0 Å². The van der Waals surface area contributed by atoms with Crippen molar-refractivity contribution in [2.75, 3.05) is 13.2 Å². The first-order valence-electron chi connectivity index (χ1n) is 38.9. The van der Waals surface area contributed by atoms with Gasteiger partial charge < -0.3 is 20.3 Å². The Kier molecular flexibility index (Phi) is 72.8. The molecule has 3 N–H and O–H groups in total. The number of aliphatic hydroxyl groups is 2. The molecule has 0 bridgehead atoms. The van der Waals surface area contributed by atoms with Gasteiger partial charge in [0.25, 0.3) is 0 Å². The number of esters is 1. The number of hydrogen-bond donors (Lipinski definition) is 3. The quantitative estimate of drug-likeness (QED) is 0.0320. The smallest absolute Gasteiger partial charge is 0.305 e. The number of carbonyl (C=O) groups excluding carboxylic acids is 2. The van der Waals surface area contributed by atoms with E-state index in [-0.39, 0.29) is 18.5 Å². The molecule has 0 saturated heterocycles. The van der Waals surface area contributed by atoms with Gasteiger partial charge in [0.1, 0.15) is 0 Å². The van der Waals surface area contributed by atoms with Crippen LogP contribution in [0.4, 0.5) is 0 Å². The summed E-state index contributed by atoms with van der Waals surface area (Å²) in [7, 11) is 0. The molecule has 0 aliphatic heterocycles. The molecule has 500 valence electrons. The predicted molar refractivity (Wildman–Crippen MR) is 370 cm³/mol. The van der Waals surface area contributed by atoms with Crippen molar-refractivity contribution in [2.45, 2.75) is 463 Å². The Labute approximate surface area is 527 Å². The van der Waals surface area contributed by atoms with Crippen LogP contribution in [0.25, 0.3) is 0 Å². The van der Waals surface area contributed by atoms with Crippen LogP contribution in [0.5, 0.6) is 0 Å². The molecule has 0 aromatic carbocycles. The molecule has 6 heteroatoms. The Bertz CT molecular complexity index is 1270. The van der Waals surface area contributed by atoms with E-state index in [0.717, 1.165) is 38.5 Å². The minimum absolute atomic E-state index is 0.0243. The minimum atomic E-state index is -0.662. The molecule has 0 saturated carbocycles. The highest BCUT2D eigenvalue weighted by Crippen LogP contribution is 2.20. The molecule has 0 spiro atoms. The van der Waals surface area contributed by atoms with E-state index in [1.165, 1.54) is 379 Å². The van der Waals surface area contributed by atoms with Crippen molar-refractivity contribution in [3.8, 4) is 0 Å². The van der Waals surface area contributed by atoms with E-state index in [1.54, 1.807) is 0 Å². The van der Waals surface area contributed by atoms with Gasteiger partial charge in [0.2, 0.25) is 5.91 Å².